The zero-order chi connectivity index (χ0) is 24.6. The quantitative estimate of drug-likeness (QED) is 0.405. The van der Waals surface area contributed by atoms with E-state index in [1.807, 2.05) is 30.3 Å². The van der Waals surface area contributed by atoms with Crippen molar-refractivity contribution in [2.75, 3.05) is 38.2 Å². The van der Waals surface area contributed by atoms with Crippen molar-refractivity contribution in [1.29, 1.82) is 0 Å². The number of fused-ring (bicyclic) bond motifs is 1. The summed E-state index contributed by atoms with van der Waals surface area (Å²) in [5.41, 5.74) is 1.91. The second kappa shape index (κ2) is 11.9. The molecule has 4 rings (SSSR count). The predicted octanol–water partition coefficient (Wildman–Crippen LogP) is 2.54. The normalized spacial score (nSPS) is 16.5. The van der Waals surface area contributed by atoms with Gasteiger partial charge in [0.25, 0.3) is 0 Å². The molecule has 3 unspecified atom stereocenters. The van der Waals surface area contributed by atoms with Crippen molar-refractivity contribution in [3.63, 3.8) is 0 Å². The molecular formula is C26H32N4O5. The van der Waals surface area contributed by atoms with Gasteiger partial charge in [-0.3, -0.25) is 4.79 Å². The van der Waals surface area contributed by atoms with Gasteiger partial charge in [-0.25, -0.2) is 9.97 Å². The van der Waals surface area contributed by atoms with Crippen molar-refractivity contribution < 1.29 is 24.5 Å². The number of nitrogens with one attached hydrogen (secondary N) is 1. The van der Waals surface area contributed by atoms with Crippen molar-refractivity contribution in [2.24, 2.45) is 0 Å². The van der Waals surface area contributed by atoms with Crippen LogP contribution in [0.1, 0.15) is 31.4 Å². The number of amides is 1. The Balaban J connectivity index is 1.33. The van der Waals surface area contributed by atoms with Gasteiger partial charge in [0, 0.05) is 30.9 Å². The molecule has 35 heavy (non-hydrogen) atoms. The number of carbonyl (C=O) groups excluding carboxylic acids is 1. The van der Waals surface area contributed by atoms with Crippen LogP contribution < -0.4 is 10.1 Å². The molecule has 2 aromatic carbocycles. The van der Waals surface area contributed by atoms with Crippen LogP contribution in [0.25, 0.3) is 10.9 Å². The molecule has 3 N–H and O–H groups in total. The van der Waals surface area contributed by atoms with Crippen molar-refractivity contribution in [1.82, 2.24) is 14.9 Å². The number of hydrogen-bond donors (Lipinski definition) is 3. The SMILES string of the molecule is CC(Nc1ncnc2ccc(OCC(O)CC(O)CC(=O)N3CCOCC3)cc12)c1ccccc1. The minimum Gasteiger partial charge on any atom is -0.491 e. The lowest BCUT2D eigenvalue weighted by Gasteiger charge is -2.28. The standard InChI is InChI=1S/C26H32N4O5/c1-18(19-5-3-2-4-6-19)29-26-23-15-22(7-8-24(23)27-17-28-26)35-16-21(32)13-20(31)14-25(33)30-9-11-34-12-10-30/h2-8,15,17-18,20-21,31-32H,9-14,16H2,1H3,(H,27,28,29). The minimum absolute atomic E-state index is 0.00875. The van der Waals surface area contributed by atoms with Gasteiger partial charge in [0.2, 0.25) is 5.91 Å². The molecule has 1 aliphatic heterocycles. The van der Waals surface area contributed by atoms with Gasteiger partial charge in [-0.1, -0.05) is 30.3 Å². The van der Waals surface area contributed by atoms with E-state index >= 15 is 0 Å². The Morgan fingerprint density at radius 2 is 1.89 bits per heavy atom. The Morgan fingerprint density at radius 1 is 1.11 bits per heavy atom. The average molecular weight is 481 g/mol. The van der Waals surface area contributed by atoms with Gasteiger partial charge in [0.05, 0.1) is 37.4 Å². The molecule has 1 aromatic heterocycles. The number of ether oxygens (including phenoxy) is 2. The van der Waals surface area contributed by atoms with E-state index in [4.69, 9.17) is 9.47 Å². The predicted molar refractivity (Wildman–Crippen MR) is 132 cm³/mol. The first-order valence-electron chi connectivity index (χ1n) is 11.9. The lowest BCUT2D eigenvalue weighted by atomic mass is 10.1. The molecule has 0 radical (unpaired) electrons. The molecule has 1 amide bonds. The fraction of sp³-hybridized carbons (Fsp3) is 0.423. The van der Waals surface area contributed by atoms with Gasteiger partial charge >= 0.3 is 0 Å². The maximum Gasteiger partial charge on any atom is 0.225 e. The minimum atomic E-state index is -0.941. The molecule has 0 saturated carbocycles. The Labute approximate surface area is 204 Å². The molecule has 9 heteroatoms. The molecule has 3 aromatic rings. The van der Waals surface area contributed by atoms with Crippen molar-refractivity contribution in [2.45, 2.75) is 38.0 Å². The number of morpholine rings is 1. The van der Waals surface area contributed by atoms with E-state index < -0.39 is 12.2 Å². The van der Waals surface area contributed by atoms with Crippen LogP contribution in [0.4, 0.5) is 5.82 Å². The van der Waals surface area contributed by atoms with Gasteiger partial charge in [-0.05, 0) is 30.7 Å². The van der Waals surface area contributed by atoms with Crippen molar-refractivity contribution in [3.8, 4) is 5.75 Å². The van der Waals surface area contributed by atoms with E-state index in [0.717, 1.165) is 16.5 Å². The molecule has 186 valence electrons. The molecular weight excluding hydrogens is 448 g/mol. The molecule has 9 nitrogen and oxygen atoms in total. The maximum atomic E-state index is 12.3. The summed E-state index contributed by atoms with van der Waals surface area (Å²) in [5.74, 6) is 1.11. The van der Waals surface area contributed by atoms with Crippen molar-refractivity contribution in [3.05, 3.63) is 60.4 Å². The van der Waals surface area contributed by atoms with E-state index in [0.29, 0.717) is 37.9 Å². The van der Waals surface area contributed by atoms with Gasteiger partial charge in [0.1, 0.15) is 24.5 Å². The number of aliphatic hydroxyl groups excluding tert-OH is 2. The highest BCUT2D eigenvalue weighted by molar-refractivity contribution is 5.90. The third-order valence-corrected chi connectivity index (χ3v) is 6.02. The zero-order valence-corrected chi connectivity index (χ0v) is 19.8. The third-order valence-electron chi connectivity index (χ3n) is 6.02. The van der Waals surface area contributed by atoms with Crippen LogP contribution in [-0.4, -0.2) is 76.1 Å². The first kappa shape index (κ1) is 24.8. The van der Waals surface area contributed by atoms with Crippen LogP contribution in [-0.2, 0) is 9.53 Å². The summed E-state index contributed by atoms with van der Waals surface area (Å²) >= 11 is 0. The molecule has 3 atom stereocenters. The summed E-state index contributed by atoms with van der Waals surface area (Å²) in [6, 6.07) is 15.6. The molecule has 0 aliphatic carbocycles. The lowest BCUT2D eigenvalue weighted by Crippen LogP contribution is -2.42. The van der Waals surface area contributed by atoms with Crippen LogP contribution in [0, 0.1) is 0 Å². The monoisotopic (exact) mass is 480 g/mol. The molecule has 1 fully saturated rings. The lowest BCUT2D eigenvalue weighted by molar-refractivity contribution is -0.137. The number of aromatic nitrogens is 2. The highest BCUT2D eigenvalue weighted by Crippen LogP contribution is 2.27. The first-order valence-corrected chi connectivity index (χ1v) is 11.9. The number of nitrogens with zero attached hydrogens (tertiary/aromatic N) is 3. The smallest absolute Gasteiger partial charge is 0.225 e. The number of aliphatic hydroxyl groups is 2. The van der Waals surface area contributed by atoms with Crippen LogP contribution in [0.2, 0.25) is 0 Å². The summed E-state index contributed by atoms with van der Waals surface area (Å²) in [6.07, 6.45) is -0.315. The number of carbonyl (C=O) groups is 1. The number of anilines is 1. The van der Waals surface area contributed by atoms with Crippen LogP contribution in [0.5, 0.6) is 5.75 Å². The Bertz CT molecular complexity index is 1110. The van der Waals surface area contributed by atoms with Gasteiger partial charge in [0.15, 0.2) is 0 Å². The Morgan fingerprint density at radius 3 is 2.66 bits per heavy atom. The second-order valence-electron chi connectivity index (χ2n) is 8.73. The van der Waals surface area contributed by atoms with E-state index in [2.05, 4.69) is 34.3 Å². The van der Waals surface area contributed by atoms with Gasteiger partial charge in [-0.2, -0.15) is 0 Å². The molecule has 1 aliphatic rings. The zero-order valence-electron chi connectivity index (χ0n) is 19.8. The molecule has 0 bridgehead atoms. The third kappa shape index (κ3) is 6.88. The molecule has 0 spiro atoms. The number of rotatable bonds is 10. The number of benzene rings is 2. The maximum absolute atomic E-state index is 12.3. The number of hydrogen-bond acceptors (Lipinski definition) is 8. The second-order valence-corrected chi connectivity index (χ2v) is 8.73. The Hall–Kier alpha value is -3.27. The summed E-state index contributed by atoms with van der Waals surface area (Å²) in [7, 11) is 0. The van der Waals surface area contributed by atoms with Crippen molar-refractivity contribution >= 4 is 22.6 Å². The van der Waals surface area contributed by atoms with E-state index in [-0.39, 0.29) is 31.4 Å². The first-order chi connectivity index (χ1) is 17.0. The largest absolute Gasteiger partial charge is 0.491 e. The van der Waals surface area contributed by atoms with Gasteiger partial charge < -0.3 is 29.9 Å². The van der Waals surface area contributed by atoms with Crippen LogP contribution in [0.15, 0.2) is 54.9 Å². The highest BCUT2D eigenvalue weighted by Gasteiger charge is 2.22. The molecule has 1 saturated heterocycles. The fourth-order valence-corrected chi connectivity index (χ4v) is 4.07. The van der Waals surface area contributed by atoms with E-state index in [1.54, 1.807) is 11.0 Å². The van der Waals surface area contributed by atoms with E-state index in [9.17, 15) is 15.0 Å². The van der Waals surface area contributed by atoms with Crippen LogP contribution >= 0.6 is 0 Å². The Kier molecular flexibility index (Phi) is 8.46. The van der Waals surface area contributed by atoms with Gasteiger partial charge in [-0.15, -0.1) is 0 Å². The summed E-state index contributed by atoms with van der Waals surface area (Å²) in [5, 5.41) is 24.8. The topological polar surface area (TPSA) is 117 Å². The van der Waals surface area contributed by atoms with E-state index in [1.165, 1.54) is 6.33 Å². The van der Waals surface area contributed by atoms with Crippen LogP contribution in [0.3, 0.4) is 0 Å². The molecule has 2 heterocycles. The summed E-state index contributed by atoms with van der Waals surface area (Å²) in [6.45, 7) is 4.14. The fourth-order valence-electron chi connectivity index (χ4n) is 4.07. The highest BCUT2D eigenvalue weighted by atomic mass is 16.5. The summed E-state index contributed by atoms with van der Waals surface area (Å²) < 4.78 is 11.0. The summed E-state index contributed by atoms with van der Waals surface area (Å²) in [4.78, 5) is 22.7. The average Bonchev–Trinajstić information content (AvgIpc) is 2.88.